The third-order valence-corrected chi connectivity index (χ3v) is 5.72. The molecule has 0 N–H and O–H groups in total. The molecule has 1 atom stereocenters. The zero-order valence-electron chi connectivity index (χ0n) is 15.5. The molecule has 0 radical (unpaired) electrons. The molecular formula is C21H19ClN6. The van der Waals surface area contributed by atoms with Gasteiger partial charge < -0.3 is 4.90 Å². The number of benzene rings is 2. The van der Waals surface area contributed by atoms with Gasteiger partial charge in [0.05, 0.1) is 16.8 Å². The van der Waals surface area contributed by atoms with E-state index in [-0.39, 0.29) is 0 Å². The van der Waals surface area contributed by atoms with E-state index in [1.165, 1.54) is 12.8 Å². The lowest BCUT2D eigenvalue weighted by molar-refractivity contribution is 0.735. The Labute approximate surface area is 167 Å². The molecule has 2 aromatic carbocycles. The number of fused-ring (bicyclic) bond motifs is 1. The molecule has 0 spiro atoms. The number of para-hydroxylation sites is 1. The van der Waals surface area contributed by atoms with Gasteiger partial charge in [0.1, 0.15) is 6.33 Å². The fraction of sp³-hybridized carbons (Fsp3) is 0.238. The molecule has 0 bridgehead atoms. The molecule has 6 nitrogen and oxygen atoms in total. The molecule has 1 saturated heterocycles. The van der Waals surface area contributed by atoms with Crippen molar-refractivity contribution in [3.05, 3.63) is 59.9 Å². The molecule has 3 heterocycles. The Bertz CT molecular complexity index is 1140. The molecule has 0 amide bonds. The zero-order valence-corrected chi connectivity index (χ0v) is 16.2. The minimum Gasteiger partial charge on any atom is -0.368 e. The SMILES string of the molecule is CC1CCCN1c1c(-c2ccccc2Cl)c(-n2cnnn2)nc2ccccc12. The van der Waals surface area contributed by atoms with Gasteiger partial charge in [0.25, 0.3) is 0 Å². The van der Waals surface area contributed by atoms with Crippen LogP contribution in [-0.4, -0.2) is 37.8 Å². The van der Waals surface area contributed by atoms with Crippen LogP contribution in [0.5, 0.6) is 0 Å². The first-order chi connectivity index (χ1) is 13.7. The highest BCUT2D eigenvalue weighted by molar-refractivity contribution is 6.33. The van der Waals surface area contributed by atoms with Crippen LogP contribution in [-0.2, 0) is 0 Å². The topological polar surface area (TPSA) is 59.7 Å². The van der Waals surface area contributed by atoms with Gasteiger partial charge in [-0.1, -0.05) is 48.0 Å². The smallest absolute Gasteiger partial charge is 0.167 e. The van der Waals surface area contributed by atoms with Crippen LogP contribution < -0.4 is 4.90 Å². The highest BCUT2D eigenvalue weighted by Gasteiger charge is 2.29. The summed E-state index contributed by atoms with van der Waals surface area (Å²) in [6.45, 7) is 3.27. The predicted molar refractivity (Wildman–Crippen MR) is 111 cm³/mol. The van der Waals surface area contributed by atoms with Crippen molar-refractivity contribution >= 4 is 28.2 Å². The maximum absolute atomic E-state index is 6.65. The fourth-order valence-electron chi connectivity index (χ4n) is 4.08. The maximum Gasteiger partial charge on any atom is 0.167 e. The molecule has 1 aliphatic heterocycles. The summed E-state index contributed by atoms with van der Waals surface area (Å²) in [7, 11) is 0. The number of tetrazole rings is 1. The summed E-state index contributed by atoms with van der Waals surface area (Å²) in [5.74, 6) is 0.686. The van der Waals surface area contributed by atoms with Crippen molar-refractivity contribution in [2.24, 2.45) is 0 Å². The van der Waals surface area contributed by atoms with Crippen molar-refractivity contribution in [1.29, 1.82) is 0 Å². The standard InChI is InChI=1S/C21H19ClN6/c1-14-7-6-12-27(14)20-16-9-3-5-11-18(16)24-21(28-13-23-25-26-28)19(20)15-8-2-4-10-17(15)22/h2-5,8-11,13-14H,6-7,12H2,1H3. The second-order valence-electron chi connectivity index (χ2n) is 7.10. The molecule has 7 heteroatoms. The molecule has 140 valence electrons. The van der Waals surface area contributed by atoms with Crippen LogP contribution in [0.2, 0.25) is 5.02 Å². The minimum atomic E-state index is 0.439. The quantitative estimate of drug-likeness (QED) is 0.514. The number of hydrogen-bond acceptors (Lipinski definition) is 5. The minimum absolute atomic E-state index is 0.439. The molecule has 2 aromatic heterocycles. The molecule has 4 aromatic rings. The number of nitrogens with zero attached hydrogens (tertiary/aromatic N) is 6. The fourth-order valence-corrected chi connectivity index (χ4v) is 4.31. The first-order valence-electron chi connectivity index (χ1n) is 9.41. The highest BCUT2D eigenvalue weighted by Crippen LogP contribution is 2.44. The summed E-state index contributed by atoms with van der Waals surface area (Å²) >= 11 is 6.65. The second-order valence-corrected chi connectivity index (χ2v) is 7.50. The van der Waals surface area contributed by atoms with E-state index in [9.17, 15) is 0 Å². The van der Waals surface area contributed by atoms with Gasteiger partial charge in [0.2, 0.25) is 0 Å². The van der Waals surface area contributed by atoms with E-state index < -0.39 is 0 Å². The van der Waals surface area contributed by atoms with Crippen LogP contribution in [0.15, 0.2) is 54.9 Å². The molecule has 1 fully saturated rings. The summed E-state index contributed by atoms with van der Waals surface area (Å²) in [5, 5.41) is 13.6. The zero-order chi connectivity index (χ0) is 19.1. The lowest BCUT2D eigenvalue weighted by Gasteiger charge is -2.29. The van der Waals surface area contributed by atoms with Crippen molar-refractivity contribution in [2.75, 3.05) is 11.4 Å². The molecule has 1 aliphatic rings. The molecule has 28 heavy (non-hydrogen) atoms. The number of pyridine rings is 1. The predicted octanol–water partition coefficient (Wildman–Crippen LogP) is 4.52. The Morgan fingerprint density at radius 3 is 2.64 bits per heavy atom. The normalized spacial score (nSPS) is 16.8. The number of hydrogen-bond donors (Lipinski definition) is 0. The molecule has 5 rings (SSSR count). The van der Waals surface area contributed by atoms with Crippen molar-refractivity contribution < 1.29 is 0 Å². The number of anilines is 1. The van der Waals surface area contributed by atoms with E-state index in [4.69, 9.17) is 16.6 Å². The van der Waals surface area contributed by atoms with Gasteiger partial charge in [0, 0.05) is 28.6 Å². The molecular weight excluding hydrogens is 372 g/mol. The third kappa shape index (κ3) is 2.72. The maximum atomic E-state index is 6.65. The van der Waals surface area contributed by atoms with Crippen molar-refractivity contribution in [1.82, 2.24) is 25.2 Å². The Kier molecular flexibility index (Phi) is 4.20. The van der Waals surface area contributed by atoms with Gasteiger partial charge >= 0.3 is 0 Å². The highest BCUT2D eigenvalue weighted by atomic mass is 35.5. The summed E-state index contributed by atoms with van der Waals surface area (Å²) in [6.07, 6.45) is 3.91. The van der Waals surface area contributed by atoms with Crippen LogP contribution in [0.25, 0.3) is 27.8 Å². The molecule has 1 unspecified atom stereocenters. The Morgan fingerprint density at radius 2 is 1.89 bits per heavy atom. The molecule has 0 saturated carbocycles. The van der Waals surface area contributed by atoms with E-state index in [0.29, 0.717) is 16.9 Å². The van der Waals surface area contributed by atoms with E-state index in [1.54, 1.807) is 11.0 Å². The lowest BCUT2D eigenvalue weighted by Crippen LogP contribution is -2.27. The van der Waals surface area contributed by atoms with E-state index in [2.05, 4.69) is 39.5 Å². The van der Waals surface area contributed by atoms with Crippen molar-refractivity contribution in [3.63, 3.8) is 0 Å². The summed E-state index contributed by atoms with van der Waals surface area (Å²) in [4.78, 5) is 7.40. The number of halogens is 1. The largest absolute Gasteiger partial charge is 0.368 e. The first-order valence-corrected chi connectivity index (χ1v) is 9.79. The van der Waals surface area contributed by atoms with Crippen LogP contribution in [0.3, 0.4) is 0 Å². The summed E-state index contributed by atoms with van der Waals surface area (Å²) < 4.78 is 1.62. The third-order valence-electron chi connectivity index (χ3n) is 5.40. The second kappa shape index (κ2) is 6.87. The Morgan fingerprint density at radius 1 is 1.07 bits per heavy atom. The van der Waals surface area contributed by atoms with Crippen LogP contribution in [0, 0.1) is 0 Å². The van der Waals surface area contributed by atoms with Crippen LogP contribution >= 0.6 is 11.6 Å². The van der Waals surface area contributed by atoms with Gasteiger partial charge in [-0.3, -0.25) is 0 Å². The molecule has 0 aliphatic carbocycles. The van der Waals surface area contributed by atoms with E-state index in [1.807, 2.05) is 36.4 Å². The van der Waals surface area contributed by atoms with E-state index >= 15 is 0 Å². The van der Waals surface area contributed by atoms with Gasteiger partial charge in [0.15, 0.2) is 5.82 Å². The summed E-state index contributed by atoms with van der Waals surface area (Å²) in [5.41, 5.74) is 3.96. The van der Waals surface area contributed by atoms with Crippen molar-refractivity contribution in [3.8, 4) is 16.9 Å². The number of aromatic nitrogens is 5. The summed E-state index contributed by atoms with van der Waals surface area (Å²) in [6, 6.07) is 16.5. The first kappa shape index (κ1) is 17.1. The van der Waals surface area contributed by atoms with Gasteiger partial charge in [-0.15, -0.1) is 5.10 Å². The van der Waals surface area contributed by atoms with E-state index in [0.717, 1.165) is 34.3 Å². The lowest BCUT2D eigenvalue weighted by atomic mass is 9.99. The van der Waals surface area contributed by atoms with Gasteiger partial charge in [-0.05, 0) is 42.3 Å². The van der Waals surface area contributed by atoms with Gasteiger partial charge in [-0.2, -0.15) is 4.68 Å². The van der Waals surface area contributed by atoms with Gasteiger partial charge in [-0.25, -0.2) is 4.98 Å². The number of rotatable bonds is 3. The average Bonchev–Trinajstić information content (AvgIpc) is 3.39. The van der Waals surface area contributed by atoms with Crippen molar-refractivity contribution in [2.45, 2.75) is 25.8 Å². The average molecular weight is 391 g/mol. The Balaban J connectivity index is 1.93. The van der Waals surface area contributed by atoms with Crippen LogP contribution in [0.1, 0.15) is 19.8 Å². The Hall–Kier alpha value is -2.99. The monoisotopic (exact) mass is 390 g/mol. The van der Waals surface area contributed by atoms with Crippen LogP contribution in [0.4, 0.5) is 5.69 Å².